The molecule has 0 atom stereocenters. The Hall–Kier alpha value is -3.41. The molecule has 4 rings (SSSR count). The number of hydrogen-bond donors (Lipinski definition) is 1. The van der Waals surface area contributed by atoms with Crippen LogP contribution in [0.15, 0.2) is 97.1 Å². The molecule has 1 N–H and O–H groups in total. The zero-order valence-electron chi connectivity index (χ0n) is 18.4. The van der Waals surface area contributed by atoms with Crippen LogP contribution >= 0.6 is 0 Å². The van der Waals surface area contributed by atoms with Crippen LogP contribution in [-0.2, 0) is 4.89 Å². The number of rotatable bonds is 5. The number of carbonyl (C=O) groups is 1. The van der Waals surface area contributed by atoms with Crippen LogP contribution < -0.4 is 14.8 Å². The lowest BCUT2D eigenvalue weighted by molar-refractivity contribution is -0.182. The summed E-state index contributed by atoms with van der Waals surface area (Å²) in [7, 11) is -2.83. The molecule has 0 saturated carbocycles. The van der Waals surface area contributed by atoms with Gasteiger partial charge in [0.15, 0.2) is 0 Å². The van der Waals surface area contributed by atoms with Crippen LogP contribution in [0.25, 0.3) is 10.8 Å². The van der Waals surface area contributed by atoms with Crippen molar-refractivity contribution in [2.75, 3.05) is 0 Å². The third-order valence-corrected chi connectivity index (χ3v) is 10.8. The second-order valence-corrected chi connectivity index (χ2v) is 13.0. The van der Waals surface area contributed by atoms with Gasteiger partial charge in [0.25, 0.3) is 0 Å². The van der Waals surface area contributed by atoms with Crippen molar-refractivity contribution in [1.82, 2.24) is 0 Å². The highest BCUT2D eigenvalue weighted by Gasteiger charge is 2.52. The van der Waals surface area contributed by atoms with Crippen molar-refractivity contribution in [2.45, 2.75) is 25.8 Å². The number of fused-ring (bicyclic) bond motifs is 1. The molecule has 0 heterocycles. The Bertz CT molecular complexity index is 1190. The van der Waals surface area contributed by atoms with E-state index in [0.29, 0.717) is 11.1 Å². The Balaban J connectivity index is 1.99. The first-order chi connectivity index (χ1) is 15.4. The lowest BCUT2D eigenvalue weighted by Crippen LogP contribution is -2.68. The standard InChI is InChI=1S/C27H26O4Si/c1-27(2,3)32(20-12-6-4-7-13-20,21-14-8-5-9-15-21)31-25-19-11-16-22-23(25)17-10-18-24(22)26(28)30-29/h4-19,29H,1-3H3. The minimum Gasteiger partial charge on any atom is -0.534 e. The van der Waals surface area contributed by atoms with Crippen LogP contribution in [0, 0.1) is 0 Å². The summed E-state index contributed by atoms with van der Waals surface area (Å²) < 4.78 is 7.14. The van der Waals surface area contributed by atoms with E-state index >= 15 is 0 Å². The third-order valence-electron chi connectivity index (χ3n) is 5.86. The van der Waals surface area contributed by atoms with E-state index in [2.05, 4.69) is 49.9 Å². The fourth-order valence-electron chi connectivity index (χ4n) is 4.41. The smallest absolute Gasteiger partial charge is 0.373 e. The summed E-state index contributed by atoms with van der Waals surface area (Å²) >= 11 is 0. The van der Waals surface area contributed by atoms with E-state index < -0.39 is 14.3 Å². The maximum absolute atomic E-state index is 12.1. The molecule has 0 aromatic heterocycles. The fourth-order valence-corrected chi connectivity index (χ4v) is 8.85. The van der Waals surface area contributed by atoms with Gasteiger partial charge in [-0.25, -0.2) is 4.79 Å². The van der Waals surface area contributed by atoms with Crippen LogP contribution in [0.3, 0.4) is 0 Å². The lowest BCUT2D eigenvalue weighted by Gasteiger charge is -2.43. The van der Waals surface area contributed by atoms with E-state index in [0.717, 1.165) is 5.39 Å². The molecule has 0 saturated heterocycles. The predicted octanol–water partition coefficient (Wildman–Crippen LogP) is 5.41. The zero-order valence-corrected chi connectivity index (χ0v) is 19.4. The van der Waals surface area contributed by atoms with E-state index in [1.54, 1.807) is 12.1 Å². The summed E-state index contributed by atoms with van der Waals surface area (Å²) in [6.07, 6.45) is 0. The molecule has 4 aromatic rings. The molecule has 0 aliphatic carbocycles. The van der Waals surface area contributed by atoms with Crippen molar-refractivity contribution in [3.05, 3.63) is 103 Å². The molecule has 0 unspecified atom stereocenters. The minimum atomic E-state index is -2.83. The van der Waals surface area contributed by atoms with E-state index in [9.17, 15) is 4.79 Å². The van der Waals surface area contributed by atoms with Gasteiger partial charge in [0, 0.05) is 5.39 Å². The first-order valence-electron chi connectivity index (χ1n) is 10.6. The first-order valence-corrected chi connectivity index (χ1v) is 12.5. The molecule has 0 spiro atoms. The molecule has 0 bridgehead atoms. The monoisotopic (exact) mass is 442 g/mol. The summed E-state index contributed by atoms with van der Waals surface area (Å²) in [6.45, 7) is 6.66. The van der Waals surface area contributed by atoms with Gasteiger partial charge >= 0.3 is 14.3 Å². The van der Waals surface area contributed by atoms with E-state index in [1.165, 1.54) is 10.4 Å². The van der Waals surface area contributed by atoms with Gasteiger partial charge in [-0.1, -0.05) is 106 Å². The van der Waals surface area contributed by atoms with Crippen molar-refractivity contribution in [3.63, 3.8) is 0 Å². The molecule has 4 nitrogen and oxygen atoms in total. The second-order valence-electron chi connectivity index (χ2n) is 8.80. The van der Waals surface area contributed by atoms with Gasteiger partial charge in [0.1, 0.15) is 5.75 Å². The quantitative estimate of drug-likeness (QED) is 0.255. The average Bonchev–Trinajstić information content (AvgIpc) is 2.82. The molecule has 0 aliphatic heterocycles. The Kier molecular flexibility index (Phi) is 5.87. The Morgan fingerprint density at radius 2 is 1.25 bits per heavy atom. The molecule has 0 amide bonds. The molecule has 0 fully saturated rings. The highest BCUT2D eigenvalue weighted by Crippen LogP contribution is 2.39. The second kappa shape index (κ2) is 8.61. The van der Waals surface area contributed by atoms with Crippen molar-refractivity contribution in [2.24, 2.45) is 0 Å². The van der Waals surface area contributed by atoms with Crippen molar-refractivity contribution < 1.29 is 19.4 Å². The highest BCUT2D eigenvalue weighted by molar-refractivity contribution is 7.00. The molecular weight excluding hydrogens is 416 g/mol. The predicted molar refractivity (Wildman–Crippen MR) is 130 cm³/mol. The van der Waals surface area contributed by atoms with E-state index in [-0.39, 0.29) is 10.6 Å². The van der Waals surface area contributed by atoms with Gasteiger partial charge in [0.2, 0.25) is 0 Å². The zero-order chi connectivity index (χ0) is 22.8. The van der Waals surface area contributed by atoms with Gasteiger partial charge < -0.3 is 4.43 Å². The molecule has 162 valence electrons. The van der Waals surface area contributed by atoms with Gasteiger partial charge in [-0.05, 0) is 32.9 Å². The van der Waals surface area contributed by atoms with Gasteiger partial charge in [-0.2, -0.15) is 5.26 Å². The van der Waals surface area contributed by atoms with Crippen molar-refractivity contribution >= 4 is 35.4 Å². The van der Waals surface area contributed by atoms with E-state index in [1.807, 2.05) is 60.7 Å². The summed E-state index contributed by atoms with van der Waals surface area (Å²) in [5.74, 6) is -0.0948. The number of carbonyl (C=O) groups excluding carboxylic acids is 1. The topological polar surface area (TPSA) is 55.8 Å². The Morgan fingerprint density at radius 1 is 0.719 bits per heavy atom. The summed E-state index contributed by atoms with van der Waals surface area (Å²) in [5, 5.41) is 12.5. The minimum absolute atomic E-state index is 0.195. The lowest BCUT2D eigenvalue weighted by atomic mass is 10.0. The Labute approximate surface area is 189 Å². The molecule has 32 heavy (non-hydrogen) atoms. The first kappa shape index (κ1) is 21.8. The largest absolute Gasteiger partial charge is 0.534 e. The van der Waals surface area contributed by atoms with Crippen LogP contribution in [0.1, 0.15) is 31.1 Å². The van der Waals surface area contributed by atoms with Crippen molar-refractivity contribution in [1.29, 1.82) is 0 Å². The fraction of sp³-hybridized carbons (Fsp3) is 0.148. The van der Waals surface area contributed by atoms with Crippen LogP contribution in [0.5, 0.6) is 5.75 Å². The maximum atomic E-state index is 12.1. The Morgan fingerprint density at radius 3 is 1.78 bits per heavy atom. The molecule has 0 radical (unpaired) electrons. The van der Waals surface area contributed by atoms with Crippen LogP contribution in [0.4, 0.5) is 0 Å². The van der Waals surface area contributed by atoms with Gasteiger partial charge in [0.05, 0.1) is 5.56 Å². The van der Waals surface area contributed by atoms with Crippen LogP contribution in [-0.4, -0.2) is 19.5 Å². The summed E-state index contributed by atoms with van der Waals surface area (Å²) in [5.41, 5.74) is 0.290. The molecule has 5 heteroatoms. The highest BCUT2D eigenvalue weighted by atomic mass is 28.4. The third kappa shape index (κ3) is 3.70. The number of benzene rings is 4. The normalized spacial score (nSPS) is 11.9. The van der Waals surface area contributed by atoms with Crippen LogP contribution in [0.2, 0.25) is 5.04 Å². The molecule has 4 aromatic carbocycles. The molecular formula is C27H26O4Si. The maximum Gasteiger partial charge on any atom is 0.373 e. The number of hydrogen-bond acceptors (Lipinski definition) is 4. The SMILES string of the molecule is CC(C)(C)[Si](Oc1cccc2c(C(=O)OO)cccc12)(c1ccccc1)c1ccccc1. The summed E-state index contributed by atoms with van der Waals surface area (Å²) in [4.78, 5) is 16.1. The van der Waals surface area contributed by atoms with Gasteiger partial charge in [-0.15, -0.1) is 0 Å². The molecule has 0 aliphatic rings. The van der Waals surface area contributed by atoms with Crippen molar-refractivity contribution in [3.8, 4) is 5.75 Å². The van der Waals surface area contributed by atoms with E-state index in [4.69, 9.17) is 9.68 Å². The summed E-state index contributed by atoms with van der Waals surface area (Å²) in [6, 6.07) is 31.8. The average molecular weight is 443 g/mol. The van der Waals surface area contributed by atoms with Gasteiger partial charge in [-0.3, -0.25) is 4.89 Å².